The second-order valence-electron chi connectivity index (χ2n) is 5.85. The highest BCUT2D eigenvalue weighted by Gasteiger charge is 2.41. The van der Waals surface area contributed by atoms with Crippen molar-refractivity contribution in [2.45, 2.75) is 57.7 Å². The lowest BCUT2D eigenvalue weighted by Gasteiger charge is -2.38. The summed E-state index contributed by atoms with van der Waals surface area (Å²) in [4.78, 5) is 18.0. The Hall–Kier alpha value is -0.940. The van der Waals surface area contributed by atoms with Gasteiger partial charge in [0.25, 0.3) is 0 Å². The lowest BCUT2D eigenvalue weighted by Crippen LogP contribution is -2.42. The number of aliphatic carboxylic acids is 1. The molecule has 0 radical (unpaired) electrons. The van der Waals surface area contributed by atoms with E-state index in [0.717, 1.165) is 24.4 Å². The number of carboxylic acids is 1. The Balaban J connectivity index is 1.64. The molecule has 2 saturated heterocycles. The number of carboxylic acid groups (broad SMARTS) is 1. The van der Waals surface area contributed by atoms with Crippen molar-refractivity contribution < 1.29 is 9.90 Å². The van der Waals surface area contributed by atoms with Gasteiger partial charge in [-0.15, -0.1) is 11.3 Å². The van der Waals surface area contributed by atoms with Crippen molar-refractivity contribution in [1.82, 2.24) is 9.88 Å². The zero-order valence-corrected chi connectivity index (χ0v) is 12.0. The molecule has 0 saturated carbocycles. The number of carbonyl (C=O) groups is 1. The Morgan fingerprint density at radius 3 is 2.68 bits per heavy atom. The molecule has 4 nitrogen and oxygen atoms in total. The van der Waals surface area contributed by atoms with Crippen LogP contribution in [0, 0.1) is 12.8 Å². The molecule has 0 spiro atoms. The van der Waals surface area contributed by atoms with Crippen LogP contribution in [0.3, 0.4) is 0 Å². The van der Waals surface area contributed by atoms with Crippen LogP contribution in [0.4, 0.5) is 0 Å². The summed E-state index contributed by atoms with van der Waals surface area (Å²) in [5.74, 6) is -0.267. The van der Waals surface area contributed by atoms with Gasteiger partial charge in [0.15, 0.2) is 0 Å². The highest BCUT2D eigenvalue weighted by Crippen LogP contribution is 2.40. The Bertz CT molecular complexity index is 460. The van der Waals surface area contributed by atoms with Crippen molar-refractivity contribution in [2.24, 2.45) is 5.92 Å². The molecule has 104 valence electrons. The molecule has 1 aromatic rings. The van der Waals surface area contributed by atoms with E-state index in [1.54, 1.807) is 11.3 Å². The Kier molecular flexibility index (Phi) is 3.58. The number of aryl methyl sites for hydroxylation is 1. The number of piperidine rings is 1. The van der Waals surface area contributed by atoms with Crippen molar-refractivity contribution in [3.05, 3.63) is 16.1 Å². The second kappa shape index (κ2) is 5.21. The summed E-state index contributed by atoms with van der Waals surface area (Å²) >= 11 is 1.71. The van der Waals surface area contributed by atoms with Gasteiger partial charge in [0.05, 0.1) is 10.7 Å². The molecule has 2 unspecified atom stereocenters. The fraction of sp³-hybridized carbons (Fsp3) is 0.714. The van der Waals surface area contributed by atoms with Crippen molar-refractivity contribution in [2.75, 3.05) is 0 Å². The van der Waals surface area contributed by atoms with Gasteiger partial charge in [-0.2, -0.15) is 0 Å². The smallest absolute Gasteiger partial charge is 0.303 e. The van der Waals surface area contributed by atoms with Gasteiger partial charge in [-0.25, -0.2) is 4.98 Å². The van der Waals surface area contributed by atoms with E-state index < -0.39 is 5.97 Å². The van der Waals surface area contributed by atoms with E-state index in [4.69, 9.17) is 5.11 Å². The summed E-state index contributed by atoms with van der Waals surface area (Å²) in [5.41, 5.74) is 1.18. The summed E-state index contributed by atoms with van der Waals surface area (Å²) in [5, 5.41) is 12.2. The molecule has 5 heteroatoms. The number of rotatable bonds is 4. The van der Waals surface area contributed by atoms with Crippen LogP contribution in [0.5, 0.6) is 0 Å². The second-order valence-corrected chi connectivity index (χ2v) is 6.91. The summed E-state index contributed by atoms with van der Waals surface area (Å²) in [6.45, 7) is 2.99. The van der Waals surface area contributed by atoms with E-state index in [1.807, 2.05) is 6.92 Å². The molecule has 2 aliphatic heterocycles. The van der Waals surface area contributed by atoms with Gasteiger partial charge in [0.2, 0.25) is 0 Å². The third-order valence-corrected chi connectivity index (χ3v) is 5.28. The van der Waals surface area contributed by atoms with Crippen molar-refractivity contribution in [3.8, 4) is 0 Å². The first-order valence-electron chi connectivity index (χ1n) is 7.00. The Morgan fingerprint density at radius 1 is 1.47 bits per heavy atom. The summed E-state index contributed by atoms with van der Waals surface area (Å²) < 4.78 is 0. The highest BCUT2D eigenvalue weighted by atomic mass is 32.1. The molecule has 3 rings (SSSR count). The first-order valence-corrected chi connectivity index (χ1v) is 7.88. The minimum absolute atomic E-state index is 0.344. The molecule has 2 fully saturated rings. The number of thiazole rings is 1. The fourth-order valence-corrected chi connectivity index (χ4v) is 4.33. The van der Waals surface area contributed by atoms with Gasteiger partial charge in [-0.3, -0.25) is 9.69 Å². The standard InChI is InChI=1S/C14H20N2O2S/c1-9-15-11(8-19-9)7-16-12-2-3-13(16)5-10(4-12)6-14(17)18/h8,10,12-13H,2-7H2,1H3,(H,17,18). The molecule has 2 bridgehead atoms. The maximum absolute atomic E-state index is 10.9. The molecule has 1 N–H and O–H groups in total. The number of hydrogen-bond acceptors (Lipinski definition) is 4. The van der Waals surface area contributed by atoms with E-state index in [-0.39, 0.29) is 0 Å². The van der Waals surface area contributed by atoms with Crippen LogP contribution in [0.15, 0.2) is 5.38 Å². The molecule has 0 aromatic carbocycles. The van der Waals surface area contributed by atoms with Crippen LogP contribution in [-0.2, 0) is 11.3 Å². The average Bonchev–Trinajstić information content (AvgIpc) is 2.82. The topological polar surface area (TPSA) is 53.4 Å². The van der Waals surface area contributed by atoms with Gasteiger partial charge in [0.1, 0.15) is 0 Å². The summed E-state index contributed by atoms with van der Waals surface area (Å²) in [6.07, 6.45) is 4.89. The summed E-state index contributed by atoms with van der Waals surface area (Å²) in [6, 6.07) is 1.15. The van der Waals surface area contributed by atoms with Crippen LogP contribution < -0.4 is 0 Å². The van der Waals surface area contributed by atoms with Crippen molar-refractivity contribution in [1.29, 1.82) is 0 Å². The van der Waals surface area contributed by atoms with E-state index in [9.17, 15) is 4.79 Å². The monoisotopic (exact) mass is 280 g/mol. The van der Waals surface area contributed by atoms with Crippen molar-refractivity contribution in [3.63, 3.8) is 0 Å². The maximum atomic E-state index is 10.9. The molecular formula is C14H20N2O2S. The van der Waals surface area contributed by atoms with E-state index in [0.29, 0.717) is 24.4 Å². The maximum Gasteiger partial charge on any atom is 0.303 e. The normalized spacial score (nSPS) is 30.7. The molecule has 19 heavy (non-hydrogen) atoms. The van der Waals surface area contributed by atoms with Crippen LogP contribution in [0.25, 0.3) is 0 Å². The largest absolute Gasteiger partial charge is 0.481 e. The van der Waals surface area contributed by atoms with Gasteiger partial charge in [-0.1, -0.05) is 0 Å². The van der Waals surface area contributed by atoms with Gasteiger partial charge in [-0.05, 0) is 38.5 Å². The zero-order chi connectivity index (χ0) is 13.4. The zero-order valence-electron chi connectivity index (χ0n) is 11.2. The van der Waals surface area contributed by atoms with Crippen LogP contribution in [0.2, 0.25) is 0 Å². The highest BCUT2D eigenvalue weighted by molar-refractivity contribution is 7.09. The molecule has 2 atom stereocenters. The quantitative estimate of drug-likeness (QED) is 0.921. The molecule has 1 aromatic heterocycles. The van der Waals surface area contributed by atoms with Gasteiger partial charge >= 0.3 is 5.97 Å². The number of aromatic nitrogens is 1. The predicted molar refractivity (Wildman–Crippen MR) is 74.2 cm³/mol. The number of hydrogen-bond donors (Lipinski definition) is 1. The number of nitrogens with zero attached hydrogens (tertiary/aromatic N) is 2. The molecule has 2 aliphatic rings. The Morgan fingerprint density at radius 2 is 2.16 bits per heavy atom. The first-order chi connectivity index (χ1) is 9.11. The molecule has 0 amide bonds. The minimum atomic E-state index is -0.645. The Labute approximate surface area is 117 Å². The third kappa shape index (κ3) is 2.82. The molecular weight excluding hydrogens is 260 g/mol. The van der Waals surface area contributed by atoms with Gasteiger partial charge in [0, 0.05) is 30.4 Å². The van der Waals surface area contributed by atoms with Crippen LogP contribution in [-0.4, -0.2) is 33.0 Å². The number of fused-ring (bicyclic) bond motifs is 2. The molecule has 0 aliphatic carbocycles. The predicted octanol–water partition coefficient (Wildman–Crippen LogP) is 2.67. The van der Waals surface area contributed by atoms with Crippen LogP contribution >= 0.6 is 11.3 Å². The van der Waals surface area contributed by atoms with E-state index >= 15 is 0 Å². The van der Waals surface area contributed by atoms with Crippen LogP contribution in [0.1, 0.15) is 42.8 Å². The van der Waals surface area contributed by atoms with E-state index in [2.05, 4.69) is 15.3 Å². The lowest BCUT2D eigenvalue weighted by molar-refractivity contribution is -0.138. The SMILES string of the molecule is Cc1nc(CN2C3CCC2CC(CC(=O)O)C3)cs1. The van der Waals surface area contributed by atoms with Crippen molar-refractivity contribution >= 4 is 17.3 Å². The lowest BCUT2D eigenvalue weighted by atomic mass is 9.88. The fourth-order valence-electron chi connectivity index (χ4n) is 3.73. The average molecular weight is 280 g/mol. The third-order valence-electron chi connectivity index (χ3n) is 4.46. The summed E-state index contributed by atoms with van der Waals surface area (Å²) in [7, 11) is 0. The van der Waals surface area contributed by atoms with E-state index in [1.165, 1.54) is 18.5 Å². The van der Waals surface area contributed by atoms with Gasteiger partial charge < -0.3 is 5.11 Å². The molecule has 3 heterocycles. The minimum Gasteiger partial charge on any atom is -0.481 e. The first kappa shape index (κ1) is 13.1.